The summed E-state index contributed by atoms with van der Waals surface area (Å²) in [6.45, 7) is 5.47. The second kappa shape index (κ2) is 9.75. The van der Waals surface area contributed by atoms with E-state index in [9.17, 15) is 0 Å². The molecule has 2 heteroatoms. The Bertz CT molecular complexity index is 113. The van der Waals surface area contributed by atoms with E-state index in [0.29, 0.717) is 5.92 Å². The summed E-state index contributed by atoms with van der Waals surface area (Å²) in [7, 11) is 0. The Balaban J connectivity index is 3.31. The third kappa shape index (κ3) is 8.00. The van der Waals surface area contributed by atoms with Gasteiger partial charge in [-0.05, 0) is 44.7 Å². The van der Waals surface area contributed by atoms with Crippen LogP contribution in [-0.2, 0) is 0 Å². The van der Waals surface area contributed by atoms with Crippen molar-refractivity contribution in [2.24, 2.45) is 17.4 Å². The van der Waals surface area contributed by atoms with Crippen molar-refractivity contribution in [2.45, 2.75) is 38.5 Å². The quantitative estimate of drug-likeness (QED) is 0.425. The van der Waals surface area contributed by atoms with E-state index in [2.05, 4.69) is 12.7 Å². The molecule has 0 aromatic carbocycles. The molecule has 0 aliphatic heterocycles. The average molecular weight is 184 g/mol. The third-order valence-corrected chi connectivity index (χ3v) is 2.39. The molecule has 13 heavy (non-hydrogen) atoms. The van der Waals surface area contributed by atoms with Crippen LogP contribution in [0.4, 0.5) is 0 Å². The van der Waals surface area contributed by atoms with Gasteiger partial charge in [0.15, 0.2) is 0 Å². The molecule has 0 saturated carbocycles. The molecule has 0 aromatic rings. The van der Waals surface area contributed by atoms with Crippen LogP contribution in [0.1, 0.15) is 38.5 Å². The van der Waals surface area contributed by atoms with E-state index < -0.39 is 0 Å². The second-order valence-corrected chi connectivity index (χ2v) is 3.56. The van der Waals surface area contributed by atoms with Crippen LogP contribution in [0, 0.1) is 5.92 Å². The maximum atomic E-state index is 5.46. The lowest BCUT2D eigenvalue weighted by Gasteiger charge is -2.10. The number of rotatable bonds is 9. The number of hydrogen-bond acceptors (Lipinski definition) is 2. The highest BCUT2D eigenvalue weighted by Crippen LogP contribution is 2.15. The summed E-state index contributed by atoms with van der Waals surface area (Å²) in [4.78, 5) is 0. The van der Waals surface area contributed by atoms with Crippen molar-refractivity contribution in [2.75, 3.05) is 13.1 Å². The Morgan fingerprint density at radius 1 is 0.923 bits per heavy atom. The molecule has 4 N–H and O–H groups in total. The fourth-order valence-electron chi connectivity index (χ4n) is 1.49. The molecule has 0 aliphatic rings. The summed E-state index contributed by atoms with van der Waals surface area (Å²) in [5.41, 5.74) is 10.9. The van der Waals surface area contributed by atoms with Crippen LogP contribution in [-0.4, -0.2) is 13.1 Å². The van der Waals surface area contributed by atoms with Gasteiger partial charge < -0.3 is 11.5 Å². The van der Waals surface area contributed by atoms with Crippen LogP contribution in [0.2, 0.25) is 0 Å². The minimum absolute atomic E-state index is 0.668. The van der Waals surface area contributed by atoms with Gasteiger partial charge >= 0.3 is 0 Å². The Labute approximate surface area is 82.4 Å². The lowest BCUT2D eigenvalue weighted by Crippen LogP contribution is -2.04. The molecule has 0 saturated heterocycles. The molecule has 0 rings (SSSR count). The normalized spacial score (nSPS) is 12.8. The molecule has 78 valence electrons. The van der Waals surface area contributed by atoms with Crippen LogP contribution in [0.15, 0.2) is 12.7 Å². The summed E-state index contributed by atoms with van der Waals surface area (Å²) < 4.78 is 0. The molecule has 1 unspecified atom stereocenters. The molecular formula is C11H24N2. The standard InChI is InChI=1S/C11H24N2/c1-2-11(8-6-10-13)7-4-3-5-9-12/h2,11H,1,3-10,12-13H2. The van der Waals surface area contributed by atoms with E-state index in [1.807, 2.05) is 0 Å². The van der Waals surface area contributed by atoms with Gasteiger partial charge in [0, 0.05) is 0 Å². The summed E-state index contributed by atoms with van der Waals surface area (Å²) in [5, 5.41) is 0. The van der Waals surface area contributed by atoms with Crippen molar-refractivity contribution in [1.82, 2.24) is 0 Å². The highest BCUT2D eigenvalue weighted by molar-refractivity contribution is 4.78. The number of unbranched alkanes of at least 4 members (excludes halogenated alkanes) is 2. The first kappa shape index (κ1) is 12.7. The topological polar surface area (TPSA) is 52.0 Å². The van der Waals surface area contributed by atoms with Gasteiger partial charge in [-0.15, -0.1) is 6.58 Å². The molecule has 0 aliphatic carbocycles. The molecule has 0 spiro atoms. The number of allylic oxidation sites excluding steroid dienone is 1. The van der Waals surface area contributed by atoms with E-state index in [1.165, 1.54) is 25.7 Å². The van der Waals surface area contributed by atoms with Gasteiger partial charge in [0.25, 0.3) is 0 Å². The van der Waals surface area contributed by atoms with Gasteiger partial charge in [0.1, 0.15) is 0 Å². The fourth-order valence-corrected chi connectivity index (χ4v) is 1.49. The number of hydrogen-bond donors (Lipinski definition) is 2. The van der Waals surface area contributed by atoms with Crippen LogP contribution in [0.25, 0.3) is 0 Å². The van der Waals surface area contributed by atoms with Crippen molar-refractivity contribution < 1.29 is 0 Å². The van der Waals surface area contributed by atoms with E-state index in [-0.39, 0.29) is 0 Å². The predicted molar refractivity (Wildman–Crippen MR) is 59.5 cm³/mol. The molecule has 0 heterocycles. The second-order valence-electron chi connectivity index (χ2n) is 3.56. The van der Waals surface area contributed by atoms with Gasteiger partial charge in [-0.25, -0.2) is 0 Å². The largest absolute Gasteiger partial charge is 0.330 e. The van der Waals surface area contributed by atoms with Gasteiger partial charge in [-0.2, -0.15) is 0 Å². The minimum atomic E-state index is 0.668. The van der Waals surface area contributed by atoms with Crippen molar-refractivity contribution in [1.29, 1.82) is 0 Å². The summed E-state index contributed by atoms with van der Waals surface area (Å²) in [6, 6.07) is 0. The average Bonchev–Trinajstić information content (AvgIpc) is 2.17. The van der Waals surface area contributed by atoms with E-state index in [1.54, 1.807) is 0 Å². The number of nitrogens with two attached hydrogens (primary N) is 2. The zero-order valence-corrected chi connectivity index (χ0v) is 8.67. The van der Waals surface area contributed by atoms with E-state index >= 15 is 0 Å². The molecule has 0 fully saturated rings. The molecule has 0 radical (unpaired) electrons. The molecule has 0 bridgehead atoms. The molecule has 1 atom stereocenters. The van der Waals surface area contributed by atoms with Crippen molar-refractivity contribution >= 4 is 0 Å². The summed E-state index contributed by atoms with van der Waals surface area (Å²) >= 11 is 0. The van der Waals surface area contributed by atoms with Crippen LogP contribution in [0.3, 0.4) is 0 Å². The molecule has 2 nitrogen and oxygen atoms in total. The van der Waals surface area contributed by atoms with Crippen molar-refractivity contribution in [3.05, 3.63) is 12.7 Å². The maximum absolute atomic E-state index is 5.46. The lowest BCUT2D eigenvalue weighted by molar-refractivity contribution is 0.493. The molecular weight excluding hydrogens is 160 g/mol. The highest BCUT2D eigenvalue weighted by Gasteiger charge is 2.02. The summed E-state index contributed by atoms with van der Waals surface area (Å²) in [6.07, 6.45) is 9.32. The van der Waals surface area contributed by atoms with Gasteiger partial charge in [-0.3, -0.25) is 0 Å². The first-order valence-corrected chi connectivity index (χ1v) is 5.37. The zero-order chi connectivity index (χ0) is 9.94. The Morgan fingerprint density at radius 2 is 1.54 bits per heavy atom. The zero-order valence-electron chi connectivity index (χ0n) is 8.67. The Morgan fingerprint density at radius 3 is 2.08 bits per heavy atom. The Kier molecular flexibility index (Phi) is 9.49. The van der Waals surface area contributed by atoms with Crippen molar-refractivity contribution in [3.63, 3.8) is 0 Å². The van der Waals surface area contributed by atoms with Crippen molar-refractivity contribution in [3.8, 4) is 0 Å². The fraction of sp³-hybridized carbons (Fsp3) is 0.818. The monoisotopic (exact) mass is 184 g/mol. The highest BCUT2D eigenvalue weighted by atomic mass is 14.5. The van der Waals surface area contributed by atoms with Crippen LogP contribution >= 0.6 is 0 Å². The first-order chi connectivity index (χ1) is 6.35. The van der Waals surface area contributed by atoms with E-state index in [4.69, 9.17) is 11.5 Å². The predicted octanol–water partition coefficient (Wildman–Crippen LogP) is 2.05. The van der Waals surface area contributed by atoms with Gasteiger partial charge in [0.2, 0.25) is 0 Å². The molecule has 0 aromatic heterocycles. The Hall–Kier alpha value is -0.340. The minimum Gasteiger partial charge on any atom is -0.330 e. The van der Waals surface area contributed by atoms with Crippen LogP contribution < -0.4 is 11.5 Å². The third-order valence-electron chi connectivity index (χ3n) is 2.39. The van der Waals surface area contributed by atoms with Gasteiger partial charge in [-0.1, -0.05) is 18.9 Å². The van der Waals surface area contributed by atoms with Gasteiger partial charge in [0.05, 0.1) is 0 Å². The maximum Gasteiger partial charge on any atom is -0.00771 e. The van der Waals surface area contributed by atoms with E-state index in [0.717, 1.165) is 25.9 Å². The SMILES string of the molecule is C=CC(CCCN)CCCCCN. The smallest absolute Gasteiger partial charge is 0.00771 e. The summed E-state index contributed by atoms with van der Waals surface area (Å²) in [5.74, 6) is 0.668. The lowest BCUT2D eigenvalue weighted by atomic mass is 9.96. The first-order valence-electron chi connectivity index (χ1n) is 5.37. The molecule has 0 amide bonds. The van der Waals surface area contributed by atoms with Crippen LogP contribution in [0.5, 0.6) is 0 Å².